The number of halogens is 3. The van der Waals surface area contributed by atoms with Crippen LogP contribution in [0.1, 0.15) is 57.8 Å². The molecular formula is C27H34F3N3O2. The minimum Gasteiger partial charge on any atom is -0.366 e. The van der Waals surface area contributed by atoms with Gasteiger partial charge in [0.2, 0.25) is 11.8 Å². The molecule has 1 saturated carbocycles. The van der Waals surface area contributed by atoms with Gasteiger partial charge in [-0.3, -0.25) is 9.59 Å². The zero-order chi connectivity index (χ0) is 26.0. The SMILES string of the molecule is Cc1cc(C(N)=O)cc(C)c1CC(CNC(=O)CC(c1ccccc1)C1(C(F)(F)F)CC1)N(C)C. The van der Waals surface area contributed by atoms with E-state index in [0.29, 0.717) is 24.1 Å². The van der Waals surface area contributed by atoms with Gasteiger partial charge in [0.05, 0.1) is 5.41 Å². The summed E-state index contributed by atoms with van der Waals surface area (Å²) in [5, 5.41) is 2.88. The number of nitrogens with two attached hydrogens (primary N) is 1. The molecule has 2 atom stereocenters. The number of hydrogen-bond donors (Lipinski definition) is 2. The van der Waals surface area contributed by atoms with Gasteiger partial charge in [-0.05, 0) is 81.6 Å². The van der Waals surface area contributed by atoms with Crippen molar-refractivity contribution in [2.24, 2.45) is 11.1 Å². The van der Waals surface area contributed by atoms with Crippen molar-refractivity contribution in [3.8, 4) is 0 Å². The number of amides is 2. The lowest BCUT2D eigenvalue weighted by molar-refractivity contribution is -0.194. The molecule has 0 bridgehead atoms. The molecule has 3 N–H and O–H groups in total. The summed E-state index contributed by atoms with van der Waals surface area (Å²) in [7, 11) is 3.80. The summed E-state index contributed by atoms with van der Waals surface area (Å²) in [5.41, 5.74) is 7.49. The molecule has 0 radical (unpaired) electrons. The largest absolute Gasteiger partial charge is 0.395 e. The minimum absolute atomic E-state index is 0.0452. The van der Waals surface area contributed by atoms with Crippen LogP contribution >= 0.6 is 0 Å². The summed E-state index contributed by atoms with van der Waals surface area (Å²) in [6.07, 6.45) is -3.87. The monoisotopic (exact) mass is 489 g/mol. The number of carbonyl (C=O) groups is 2. The fourth-order valence-electron chi connectivity index (χ4n) is 4.90. The molecule has 5 nitrogen and oxygen atoms in total. The molecule has 190 valence electrons. The van der Waals surface area contributed by atoms with Gasteiger partial charge in [0.15, 0.2) is 0 Å². The van der Waals surface area contributed by atoms with E-state index < -0.39 is 29.3 Å². The molecule has 2 amide bonds. The average molecular weight is 490 g/mol. The summed E-state index contributed by atoms with van der Waals surface area (Å²) in [5.74, 6) is -1.79. The highest BCUT2D eigenvalue weighted by molar-refractivity contribution is 5.93. The molecule has 0 aliphatic heterocycles. The van der Waals surface area contributed by atoms with Crippen LogP contribution in [-0.2, 0) is 11.2 Å². The number of benzene rings is 2. The van der Waals surface area contributed by atoms with Crippen molar-refractivity contribution in [2.75, 3.05) is 20.6 Å². The Kier molecular flexibility index (Phi) is 7.94. The number of likely N-dealkylation sites (N-methyl/N-ethyl adjacent to an activating group) is 1. The molecule has 2 aromatic rings. The normalized spacial score (nSPS) is 16.6. The predicted octanol–water partition coefficient (Wildman–Crippen LogP) is 4.51. The number of nitrogens with zero attached hydrogens (tertiary/aromatic N) is 1. The molecule has 3 rings (SSSR count). The number of rotatable bonds is 10. The highest BCUT2D eigenvalue weighted by atomic mass is 19.4. The Bertz CT molecular complexity index is 1040. The molecule has 1 aliphatic carbocycles. The minimum atomic E-state index is -4.36. The zero-order valence-corrected chi connectivity index (χ0v) is 20.7. The van der Waals surface area contributed by atoms with E-state index in [-0.39, 0.29) is 25.3 Å². The number of alkyl halides is 3. The van der Waals surface area contributed by atoms with Crippen LogP contribution in [0.3, 0.4) is 0 Å². The molecule has 0 aromatic heterocycles. The molecule has 1 fully saturated rings. The van der Waals surface area contributed by atoms with Crippen LogP contribution in [0, 0.1) is 19.3 Å². The first kappa shape index (κ1) is 26.7. The zero-order valence-electron chi connectivity index (χ0n) is 20.7. The van der Waals surface area contributed by atoms with Gasteiger partial charge < -0.3 is 16.0 Å². The predicted molar refractivity (Wildman–Crippen MR) is 130 cm³/mol. The summed E-state index contributed by atoms with van der Waals surface area (Å²) >= 11 is 0. The van der Waals surface area contributed by atoms with Gasteiger partial charge in [0.25, 0.3) is 0 Å². The molecule has 0 spiro atoms. The fourth-order valence-corrected chi connectivity index (χ4v) is 4.90. The highest BCUT2D eigenvalue weighted by Gasteiger charge is 2.67. The maximum Gasteiger partial charge on any atom is 0.395 e. The molecule has 35 heavy (non-hydrogen) atoms. The van der Waals surface area contributed by atoms with Gasteiger partial charge in [-0.2, -0.15) is 13.2 Å². The maximum atomic E-state index is 13.9. The molecule has 0 heterocycles. The Morgan fingerprint density at radius 3 is 2.11 bits per heavy atom. The van der Waals surface area contributed by atoms with Gasteiger partial charge in [-0.15, -0.1) is 0 Å². The van der Waals surface area contributed by atoms with Crippen LogP contribution in [0.5, 0.6) is 0 Å². The van der Waals surface area contributed by atoms with Gasteiger partial charge in [-0.25, -0.2) is 0 Å². The second-order valence-electron chi connectivity index (χ2n) is 9.90. The van der Waals surface area contributed by atoms with E-state index >= 15 is 0 Å². The van der Waals surface area contributed by atoms with Gasteiger partial charge in [0.1, 0.15) is 0 Å². The molecule has 1 aliphatic rings. The van der Waals surface area contributed by atoms with E-state index in [1.165, 1.54) is 0 Å². The van der Waals surface area contributed by atoms with Crippen molar-refractivity contribution >= 4 is 11.8 Å². The van der Waals surface area contributed by atoms with E-state index in [1.54, 1.807) is 42.5 Å². The van der Waals surface area contributed by atoms with Crippen LogP contribution < -0.4 is 11.1 Å². The van der Waals surface area contributed by atoms with E-state index in [2.05, 4.69) is 5.32 Å². The van der Waals surface area contributed by atoms with E-state index in [0.717, 1.165) is 16.7 Å². The smallest absolute Gasteiger partial charge is 0.366 e. The molecule has 0 saturated heterocycles. The van der Waals surface area contributed by atoms with Crippen molar-refractivity contribution in [3.63, 3.8) is 0 Å². The lowest BCUT2D eigenvalue weighted by Crippen LogP contribution is -2.43. The first-order valence-electron chi connectivity index (χ1n) is 11.8. The third-order valence-electron chi connectivity index (χ3n) is 7.30. The lowest BCUT2D eigenvalue weighted by Gasteiger charge is -2.30. The van der Waals surface area contributed by atoms with Gasteiger partial charge >= 0.3 is 6.18 Å². The lowest BCUT2D eigenvalue weighted by atomic mass is 9.80. The third-order valence-corrected chi connectivity index (χ3v) is 7.30. The van der Waals surface area contributed by atoms with Crippen molar-refractivity contribution in [1.82, 2.24) is 10.2 Å². The number of aryl methyl sites for hydroxylation is 2. The number of primary amides is 1. The van der Waals surface area contributed by atoms with Crippen molar-refractivity contribution < 1.29 is 22.8 Å². The standard InChI is InChI=1S/C27H34F3N3O2/c1-17-12-20(25(31)35)13-18(2)22(17)14-21(33(3)4)16-32-24(34)15-23(19-8-6-5-7-9-19)26(10-11-26)27(28,29)30/h5-9,12-13,21,23H,10-11,14-16H2,1-4H3,(H2,31,35)(H,32,34). The van der Waals surface area contributed by atoms with Crippen LogP contribution in [-0.4, -0.2) is 49.6 Å². The quantitative estimate of drug-likeness (QED) is 0.516. The highest BCUT2D eigenvalue weighted by Crippen LogP contribution is 2.66. The number of carbonyl (C=O) groups excluding carboxylic acids is 2. The second kappa shape index (κ2) is 10.4. The van der Waals surface area contributed by atoms with Crippen molar-refractivity contribution in [1.29, 1.82) is 0 Å². The molecular weight excluding hydrogens is 455 g/mol. The van der Waals surface area contributed by atoms with E-state index in [4.69, 9.17) is 5.73 Å². The first-order valence-corrected chi connectivity index (χ1v) is 11.8. The number of hydrogen-bond acceptors (Lipinski definition) is 3. The second-order valence-corrected chi connectivity index (χ2v) is 9.90. The summed E-state index contributed by atoms with van der Waals surface area (Å²) in [4.78, 5) is 26.4. The van der Waals surface area contributed by atoms with Gasteiger partial charge in [-0.1, -0.05) is 30.3 Å². The van der Waals surface area contributed by atoms with E-state index in [9.17, 15) is 22.8 Å². The van der Waals surface area contributed by atoms with E-state index in [1.807, 2.05) is 32.8 Å². The number of nitrogens with one attached hydrogen (secondary N) is 1. The Hall–Kier alpha value is -2.87. The molecule has 2 aromatic carbocycles. The van der Waals surface area contributed by atoms with Gasteiger partial charge in [0, 0.05) is 30.5 Å². The summed E-state index contributed by atoms with van der Waals surface area (Å²) in [6.45, 7) is 4.12. The molecule has 8 heteroatoms. The van der Waals surface area contributed by atoms with Crippen LogP contribution in [0.2, 0.25) is 0 Å². The van der Waals surface area contributed by atoms with Crippen molar-refractivity contribution in [3.05, 3.63) is 70.3 Å². The Morgan fingerprint density at radius 1 is 1.09 bits per heavy atom. The Labute approximate surface area is 204 Å². The summed E-state index contributed by atoms with van der Waals surface area (Å²) in [6, 6.07) is 12.0. The van der Waals surface area contributed by atoms with Crippen LogP contribution in [0.4, 0.5) is 13.2 Å². The molecule has 2 unspecified atom stereocenters. The third kappa shape index (κ3) is 6.04. The van der Waals surface area contributed by atoms with Crippen molar-refractivity contribution in [2.45, 2.75) is 57.7 Å². The topological polar surface area (TPSA) is 75.4 Å². The maximum absolute atomic E-state index is 13.9. The Balaban J connectivity index is 1.72. The Morgan fingerprint density at radius 2 is 1.66 bits per heavy atom. The van der Waals surface area contributed by atoms with Crippen LogP contribution in [0.15, 0.2) is 42.5 Å². The first-order chi connectivity index (χ1) is 16.4. The fraction of sp³-hybridized carbons (Fsp3) is 0.481. The summed E-state index contributed by atoms with van der Waals surface area (Å²) < 4.78 is 41.8. The average Bonchev–Trinajstić information content (AvgIpc) is 3.58. The van der Waals surface area contributed by atoms with Crippen LogP contribution in [0.25, 0.3) is 0 Å².